The number of hydrogen-bond donors (Lipinski definition) is 1. The maximum atomic E-state index is 13.2. The topological polar surface area (TPSA) is 33.1 Å². The Balaban J connectivity index is 2.03. The van der Waals surface area contributed by atoms with Crippen molar-refractivity contribution in [1.82, 2.24) is 4.98 Å². The Morgan fingerprint density at radius 1 is 1.44 bits per heavy atom. The summed E-state index contributed by atoms with van der Waals surface area (Å²) in [7, 11) is 0. The van der Waals surface area contributed by atoms with E-state index in [1.54, 1.807) is 12.1 Å². The lowest BCUT2D eigenvalue weighted by Crippen LogP contribution is -2.14. The monoisotopic (exact) mass is 285 g/mol. The Kier molecular flexibility index (Phi) is 4.32. The number of aliphatic hydroxyl groups excluding tert-OH is 1. The highest BCUT2D eigenvalue weighted by Gasteiger charge is 2.13. The van der Waals surface area contributed by atoms with Crippen LogP contribution in [0.15, 0.2) is 23.6 Å². The minimum atomic E-state index is -0.602. The van der Waals surface area contributed by atoms with Crippen molar-refractivity contribution in [2.45, 2.75) is 25.9 Å². The smallest absolute Gasteiger partial charge is 0.142 e. The maximum Gasteiger partial charge on any atom is 0.142 e. The van der Waals surface area contributed by atoms with Crippen molar-refractivity contribution in [1.29, 1.82) is 0 Å². The number of thiazole rings is 1. The molecule has 0 aliphatic rings. The average Bonchev–Trinajstić information content (AvgIpc) is 2.70. The molecule has 1 unspecified atom stereocenters. The number of hydrogen-bond acceptors (Lipinski definition) is 3. The zero-order valence-electron chi connectivity index (χ0n) is 9.86. The van der Waals surface area contributed by atoms with Crippen LogP contribution in [0.1, 0.15) is 16.3 Å². The predicted octanol–water partition coefficient (Wildman–Crippen LogP) is 3.39. The Bertz CT molecular complexity index is 544. The molecule has 0 saturated carbocycles. The number of nitrogens with zero attached hydrogens (tertiary/aromatic N) is 1. The molecule has 1 heterocycles. The van der Waals surface area contributed by atoms with E-state index in [4.69, 9.17) is 11.6 Å². The van der Waals surface area contributed by atoms with Gasteiger partial charge >= 0.3 is 0 Å². The van der Waals surface area contributed by atoms with Crippen molar-refractivity contribution in [3.8, 4) is 0 Å². The molecular formula is C13H13ClFNOS. The zero-order chi connectivity index (χ0) is 13.1. The summed E-state index contributed by atoms with van der Waals surface area (Å²) in [5.74, 6) is -0.452. The molecule has 0 spiro atoms. The molecular weight excluding hydrogens is 273 g/mol. The van der Waals surface area contributed by atoms with E-state index >= 15 is 0 Å². The van der Waals surface area contributed by atoms with Crippen LogP contribution < -0.4 is 0 Å². The number of halogens is 2. The van der Waals surface area contributed by atoms with Crippen LogP contribution in [0.25, 0.3) is 0 Å². The fraction of sp³-hybridized carbons (Fsp3) is 0.308. The summed E-state index contributed by atoms with van der Waals surface area (Å²) < 4.78 is 13.2. The molecule has 1 atom stereocenters. The van der Waals surface area contributed by atoms with Gasteiger partial charge in [0.15, 0.2) is 0 Å². The molecule has 96 valence electrons. The highest BCUT2D eigenvalue weighted by molar-refractivity contribution is 7.09. The van der Waals surface area contributed by atoms with E-state index < -0.39 is 11.9 Å². The minimum absolute atomic E-state index is 0.0897. The molecule has 2 nitrogen and oxygen atoms in total. The molecule has 0 fully saturated rings. The van der Waals surface area contributed by atoms with Gasteiger partial charge in [-0.15, -0.1) is 11.3 Å². The number of aliphatic hydroxyl groups is 1. The Labute approximate surface area is 114 Å². The van der Waals surface area contributed by atoms with Gasteiger partial charge in [-0.3, -0.25) is 0 Å². The van der Waals surface area contributed by atoms with Gasteiger partial charge in [-0.05, 0) is 18.6 Å². The first-order chi connectivity index (χ1) is 8.56. The highest BCUT2D eigenvalue weighted by atomic mass is 35.5. The first-order valence-electron chi connectivity index (χ1n) is 5.58. The number of benzene rings is 1. The van der Waals surface area contributed by atoms with E-state index in [0.29, 0.717) is 18.4 Å². The normalized spacial score (nSPS) is 12.7. The molecule has 0 saturated heterocycles. The standard InChI is InChI=1S/C13H13ClFNOS/c1-8-7-18-12(16-8)6-10(17)5-9-3-2-4-11(15)13(9)14/h2-4,7,10,17H,5-6H2,1H3. The SMILES string of the molecule is Cc1csc(CC(O)Cc2cccc(F)c2Cl)n1. The summed E-state index contributed by atoms with van der Waals surface area (Å²) in [6, 6.07) is 4.63. The molecule has 0 amide bonds. The van der Waals surface area contributed by atoms with Gasteiger partial charge in [0.2, 0.25) is 0 Å². The van der Waals surface area contributed by atoms with Gasteiger partial charge in [-0.1, -0.05) is 23.7 Å². The third-order valence-corrected chi connectivity index (χ3v) is 3.98. The molecule has 1 aromatic heterocycles. The van der Waals surface area contributed by atoms with Gasteiger partial charge in [0.05, 0.1) is 16.1 Å². The number of aromatic nitrogens is 1. The second kappa shape index (κ2) is 5.78. The van der Waals surface area contributed by atoms with E-state index in [1.807, 2.05) is 12.3 Å². The largest absolute Gasteiger partial charge is 0.392 e. The molecule has 0 bridgehead atoms. The van der Waals surface area contributed by atoms with Crippen molar-refractivity contribution in [3.05, 3.63) is 50.7 Å². The van der Waals surface area contributed by atoms with Crippen LogP contribution in [0.2, 0.25) is 5.02 Å². The molecule has 1 N–H and O–H groups in total. The Morgan fingerprint density at radius 2 is 2.22 bits per heavy atom. The van der Waals surface area contributed by atoms with Crippen molar-refractivity contribution in [2.75, 3.05) is 0 Å². The summed E-state index contributed by atoms with van der Waals surface area (Å²) in [6.45, 7) is 1.91. The maximum absolute atomic E-state index is 13.2. The van der Waals surface area contributed by atoms with Crippen LogP contribution in [-0.4, -0.2) is 16.2 Å². The van der Waals surface area contributed by atoms with Crippen LogP contribution in [0.4, 0.5) is 4.39 Å². The molecule has 0 aliphatic carbocycles. The second-order valence-electron chi connectivity index (χ2n) is 4.16. The highest BCUT2D eigenvalue weighted by Crippen LogP contribution is 2.22. The summed E-state index contributed by atoms with van der Waals surface area (Å²) >= 11 is 7.36. The molecule has 18 heavy (non-hydrogen) atoms. The summed E-state index contributed by atoms with van der Waals surface area (Å²) in [6.07, 6.45) is 0.190. The van der Waals surface area contributed by atoms with Crippen molar-refractivity contribution in [2.24, 2.45) is 0 Å². The fourth-order valence-corrected chi connectivity index (χ4v) is 2.78. The quantitative estimate of drug-likeness (QED) is 0.934. The van der Waals surface area contributed by atoms with E-state index in [0.717, 1.165) is 10.7 Å². The lowest BCUT2D eigenvalue weighted by atomic mass is 10.1. The van der Waals surface area contributed by atoms with Crippen molar-refractivity contribution in [3.63, 3.8) is 0 Å². The van der Waals surface area contributed by atoms with Crippen LogP contribution in [0, 0.1) is 12.7 Å². The first-order valence-corrected chi connectivity index (χ1v) is 6.84. The number of rotatable bonds is 4. The zero-order valence-corrected chi connectivity index (χ0v) is 11.4. The third kappa shape index (κ3) is 3.28. The van der Waals surface area contributed by atoms with Gasteiger partial charge in [-0.25, -0.2) is 9.37 Å². The summed E-state index contributed by atoms with van der Waals surface area (Å²) in [5.41, 5.74) is 1.57. The van der Waals surface area contributed by atoms with E-state index in [2.05, 4.69) is 4.98 Å². The minimum Gasteiger partial charge on any atom is -0.392 e. The number of aryl methyl sites for hydroxylation is 1. The first kappa shape index (κ1) is 13.5. The lowest BCUT2D eigenvalue weighted by Gasteiger charge is -2.10. The van der Waals surface area contributed by atoms with E-state index in [-0.39, 0.29) is 5.02 Å². The second-order valence-corrected chi connectivity index (χ2v) is 5.48. The van der Waals surface area contributed by atoms with Crippen LogP contribution in [0.3, 0.4) is 0 Å². The van der Waals surface area contributed by atoms with Gasteiger partial charge in [0, 0.05) is 23.9 Å². The summed E-state index contributed by atoms with van der Waals surface area (Å²) in [4.78, 5) is 4.28. The molecule has 2 rings (SSSR count). The molecule has 0 aliphatic heterocycles. The van der Waals surface area contributed by atoms with Gasteiger partial charge in [-0.2, -0.15) is 0 Å². The van der Waals surface area contributed by atoms with E-state index in [9.17, 15) is 9.50 Å². The van der Waals surface area contributed by atoms with Crippen LogP contribution in [-0.2, 0) is 12.8 Å². The van der Waals surface area contributed by atoms with Crippen LogP contribution in [0.5, 0.6) is 0 Å². The molecule has 5 heteroatoms. The van der Waals surface area contributed by atoms with Gasteiger partial charge in [0.1, 0.15) is 5.82 Å². The summed E-state index contributed by atoms with van der Waals surface area (Å²) in [5, 5.41) is 12.9. The Hall–Kier alpha value is -0.970. The van der Waals surface area contributed by atoms with Crippen LogP contribution >= 0.6 is 22.9 Å². The molecule has 1 aromatic carbocycles. The molecule has 0 radical (unpaired) electrons. The molecule has 2 aromatic rings. The lowest BCUT2D eigenvalue weighted by molar-refractivity contribution is 0.175. The van der Waals surface area contributed by atoms with E-state index in [1.165, 1.54) is 17.4 Å². The predicted molar refractivity (Wildman–Crippen MR) is 71.7 cm³/mol. The van der Waals surface area contributed by atoms with Gasteiger partial charge < -0.3 is 5.11 Å². The van der Waals surface area contributed by atoms with Crippen molar-refractivity contribution >= 4 is 22.9 Å². The Morgan fingerprint density at radius 3 is 2.89 bits per heavy atom. The fourth-order valence-electron chi connectivity index (χ4n) is 1.73. The third-order valence-electron chi connectivity index (χ3n) is 2.56. The average molecular weight is 286 g/mol. The van der Waals surface area contributed by atoms with Crippen molar-refractivity contribution < 1.29 is 9.50 Å². The van der Waals surface area contributed by atoms with Gasteiger partial charge in [0.25, 0.3) is 0 Å².